The maximum Gasteiger partial charge on any atom is 0.329 e. The zero-order valence-corrected chi connectivity index (χ0v) is 10.8. The molecule has 0 aliphatic heterocycles. The van der Waals surface area contributed by atoms with Crippen LogP contribution in [0.3, 0.4) is 0 Å². The number of carbonyl (C=O) groups excluding carboxylic acids is 1. The Morgan fingerprint density at radius 2 is 2.17 bits per heavy atom. The minimum Gasteiger partial charge on any atom is -0.294 e. The SMILES string of the molecule is Nc1[nH+]c(C2CCC(=O)c3ccccc3C2)cs1. The van der Waals surface area contributed by atoms with Crippen molar-refractivity contribution in [1.82, 2.24) is 0 Å². The maximum absolute atomic E-state index is 12.1. The van der Waals surface area contributed by atoms with E-state index in [-0.39, 0.29) is 5.78 Å². The summed E-state index contributed by atoms with van der Waals surface area (Å²) in [5, 5.41) is 2.80. The summed E-state index contributed by atoms with van der Waals surface area (Å²) in [6.45, 7) is 0. The van der Waals surface area contributed by atoms with Crippen LogP contribution in [0.25, 0.3) is 0 Å². The number of hydrogen-bond acceptors (Lipinski definition) is 3. The highest BCUT2D eigenvalue weighted by Crippen LogP contribution is 2.30. The van der Waals surface area contributed by atoms with E-state index >= 15 is 0 Å². The van der Waals surface area contributed by atoms with E-state index < -0.39 is 0 Å². The van der Waals surface area contributed by atoms with E-state index in [0.29, 0.717) is 12.3 Å². The van der Waals surface area contributed by atoms with E-state index in [4.69, 9.17) is 5.73 Å². The molecule has 0 amide bonds. The Labute approximate surface area is 110 Å². The van der Waals surface area contributed by atoms with Crippen LogP contribution in [-0.2, 0) is 6.42 Å². The van der Waals surface area contributed by atoms with Crippen LogP contribution in [-0.4, -0.2) is 5.78 Å². The van der Waals surface area contributed by atoms with Crippen LogP contribution in [0.4, 0.5) is 5.13 Å². The average molecular weight is 259 g/mol. The molecular weight excluding hydrogens is 244 g/mol. The van der Waals surface area contributed by atoms with Crippen LogP contribution < -0.4 is 10.7 Å². The van der Waals surface area contributed by atoms with Crippen molar-refractivity contribution in [1.29, 1.82) is 0 Å². The highest BCUT2D eigenvalue weighted by molar-refractivity contribution is 7.13. The minimum absolute atomic E-state index is 0.260. The van der Waals surface area contributed by atoms with Gasteiger partial charge in [-0.25, -0.2) is 4.98 Å². The minimum atomic E-state index is 0.260. The van der Waals surface area contributed by atoms with E-state index in [1.54, 1.807) is 0 Å². The van der Waals surface area contributed by atoms with Gasteiger partial charge in [0.2, 0.25) is 0 Å². The van der Waals surface area contributed by atoms with Crippen molar-refractivity contribution in [3.8, 4) is 0 Å². The molecule has 1 aromatic heterocycles. The van der Waals surface area contributed by atoms with Gasteiger partial charge in [-0.3, -0.25) is 10.5 Å². The van der Waals surface area contributed by atoms with E-state index in [1.807, 2.05) is 18.2 Å². The number of Topliss-reactive ketones (excluding diaryl/α,β-unsaturated/α-hetero) is 1. The molecule has 1 heterocycles. The van der Waals surface area contributed by atoms with Gasteiger partial charge < -0.3 is 0 Å². The molecule has 0 fully saturated rings. The monoisotopic (exact) mass is 259 g/mol. The van der Waals surface area contributed by atoms with E-state index in [9.17, 15) is 4.79 Å². The lowest BCUT2D eigenvalue weighted by Gasteiger charge is -2.09. The van der Waals surface area contributed by atoms with Gasteiger partial charge in [-0.05, 0) is 18.4 Å². The van der Waals surface area contributed by atoms with Crippen molar-refractivity contribution in [2.45, 2.75) is 25.2 Å². The second kappa shape index (κ2) is 4.53. The van der Waals surface area contributed by atoms with Crippen LogP contribution in [0.15, 0.2) is 29.6 Å². The summed E-state index contributed by atoms with van der Waals surface area (Å²) < 4.78 is 0. The number of carbonyl (C=O) groups is 1. The summed E-state index contributed by atoms with van der Waals surface area (Å²) >= 11 is 1.52. The van der Waals surface area contributed by atoms with E-state index in [2.05, 4.69) is 16.4 Å². The fourth-order valence-electron chi connectivity index (χ4n) is 2.57. The number of ketones is 1. The quantitative estimate of drug-likeness (QED) is 0.800. The van der Waals surface area contributed by atoms with Gasteiger partial charge in [-0.2, -0.15) is 0 Å². The number of aromatic amines is 1. The number of nitrogen functional groups attached to an aromatic ring is 1. The number of fused-ring (bicyclic) bond motifs is 1. The van der Waals surface area contributed by atoms with Gasteiger partial charge in [0.1, 0.15) is 5.69 Å². The van der Waals surface area contributed by atoms with Gasteiger partial charge in [0, 0.05) is 23.3 Å². The molecule has 18 heavy (non-hydrogen) atoms. The highest BCUT2D eigenvalue weighted by atomic mass is 32.1. The van der Waals surface area contributed by atoms with Crippen LogP contribution in [0, 0.1) is 0 Å². The molecule has 0 radical (unpaired) electrons. The van der Waals surface area contributed by atoms with Gasteiger partial charge in [-0.15, -0.1) is 0 Å². The predicted molar refractivity (Wildman–Crippen MR) is 71.7 cm³/mol. The third-order valence-electron chi connectivity index (χ3n) is 3.52. The Kier molecular flexibility index (Phi) is 2.88. The number of hydrogen-bond donors (Lipinski definition) is 1. The Bertz CT molecular complexity index is 591. The molecule has 0 saturated carbocycles. The molecule has 1 aliphatic carbocycles. The molecule has 1 unspecified atom stereocenters. The molecule has 0 saturated heterocycles. The predicted octanol–water partition coefficient (Wildman–Crippen LogP) is 2.45. The fraction of sp³-hybridized carbons (Fsp3) is 0.286. The molecule has 1 aliphatic rings. The number of benzene rings is 1. The number of rotatable bonds is 1. The molecule has 3 nitrogen and oxygen atoms in total. The van der Waals surface area contributed by atoms with Crippen molar-refractivity contribution in [2.75, 3.05) is 5.73 Å². The zero-order chi connectivity index (χ0) is 12.5. The first-order valence-electron chi connectivity index (χ1n) is 6.11. The smallest absolute Gasteiger partial charge is 0.294 e. The van der Waals surface area contributed by atoms with Crippen molar-refractivity contribution in [3.05, 3.63) is 46.5 Å². The molecule has 0 spiro atoms. The van der Waals surface area contributed by atoms with Crippen LogP contribution >= 0.6 is 11.3 Å². The first kappa shape index (κ1) is 11.4. The average Bonchev–Trinajstić information content (AvgIpc) is 2.73. The molecule has 92 valence electrons. The number of H-pyrrole nitrogens is 1. The molecule has 1 atom stereocenters. The fourth-order valence-corrected chi connectivity index (χ4v) is 3.25. The van der Waals surface area contributed by atoms with Gasteiger partial charge in [0.05, 0.1) is 0 Å². The zero-order valence-electron chi connectivity index (χ0n) is 9.98. The Hall–Kier alpha value is -1.68. The lowest BCUT2D eigenvalue weighted by Crippen LogP contribution is -2.15. The third-order valence-corrected chi connectivity index (χ3v) is 4.25. The van der Waals surface area contributed by atoms with Gasteiger partial charge >= 0.3 is 5.13 Å². The number of aromatic nitrogens is 1. The first-order valence-corrected chi connectivity index (χ1v) is 6.99. The number of nitrogens with one attached hydrogen (secondary N) is 1. The normalized spacial score (nSPS) is 19.3. The summed E-state index contributed by atoms with van der Waals surface area (Å²) in [5.74, 6) is 0.627. The Morgan fingerprint density at radius 3 is 2.94 bits per heavy atom. The van der Waals surface area contributed by atoms with E-state index in [0.717, 1.165) is 34.8 Å². The molecule has 3 N–H and O–H groups in total. The van der Waals surface area contributed by atoms with Crippen molar-refractivity contribution >= 4 is 22.3 Å². The Morgan fingerprint density at radius 1 is 1.33 bits per heavy atom. The summed E-state index contributed by atoms with van der Waals surface area (Å²) in [5.41, 5.74) is 8.94. The molecule has 1 aromatic carbocycles. The van der Waals surface area contributed by atoms with Crippen molar-refractivity contribution in [3.63, 3.8) is 0 Å². The van der Waals surface area contributed by atoms with E-state index in [1.165, 1.54) is 11.3 Å². The lowest BCUT2D eigenvalue weighted by atomic mass is 9.94. The molecule has 2 aromatic rings. The first-order chi connectivity index (χ1) is 8.74. The Balaban J connectivity index is 1.96. The molecule has 3 rings (SSSR count). The van der Waals surface area contributed by atoms with Gasteiger partial charge in [0.25, 0.3) is 0 Å². The van der Waals surface area contributed by atoms with Crippen molar-refractivity contribution < 1.29 is 9.78 Å². The maximum atomic E-state index is 12.1. The molecular formula is C14H15N2OS+. The van der Waals surface area contributed by atoms with Crippen LogP contribution in [0.5, 0.6) is 0 Å². The second-order valence-corrected chi connectivity index (χ2v) is 5.61. The highest BCUT2D eigenvalue weighted by Gasteiger charge is 2.25. The second-order valence-electron chi connectivity index (χ2n) is 4.70. The summed E-state index contributed by atoms with van der Waals surface area (Å²) in [7, 11) is 0. The summed E-state index contributed by atoms with van der Waals surface area (Å²) in [4.78, 5) is 15.3. The van der Waals surface area contributed by atoms with Crippen LogP contribution in [0.2, 0.25) is 0 Å². The van der Waals surface area contributed by atoms with Crippen LogP contribution in [0.1, 0.15) is 40.4 Å². The number of thiazole rings is 1. The largest absolute Gasteiger partial charge is 0.329 e. The third kappa shape index (κ3) is 2.04. The van der Waals surface area contributed by atoms with Gasteiger partial charge in [0.15, 0.2) is 5.78 Å². The summed E-state index contributed by atoms with van der Waals surface area (Å²) in [6.07, 6.45) is 2.42. The topological polar surface area (TPSA) is 57.2 Å². The summed E-state index contributed by atoms with van der Waals surface area (Å²) in [6, 6.07) is 7.93. The standard InChI is InChI=1S/C14H14N2OS/c15-14-16-12(8-18-14)10-5-6-13(17)11-4-2-1-3-9(11)7-10/h1-4,8,10H,5-7H2,(H2,15,16)/p+1. The van der Waals surface area contributed by atoms with Gasteiger partial charge in [-0.1, -0.05) is 35.6 Å². The molecule has 0 bridgehead atoms. The number of nitrogens with two attached hydrogens (primary N) is 1. The lowest BCUT2D eigenvalue weighted by molar-refractivity contribution is -0.369. The van der Waals surface area contributed by atoms with Crippen molar-refractivity contribution in [2.24, 2.45) is 0 Å². The number of anilines is 1. The molecule has 4 heteroatoms.